The van der Waals surface area contributed by atoms with E-state index >= 15 is 0 Å². The van der Waals surface area contributed by atoms with Crippen molar-refractivity contribution in [3.05, 3.63) is 35.8 Å². The van der Waals surface area contributed by atoms with E-state index in [9.17, 15) is 14.0 Å². The second kappa shape index (κ2) is 5.44. The summed E-state index contributed by atoms with van der Waals surface area (Å²) in [7, 11) is 0. The third-order valence-electron chi connectivity index (χ3n) is 3.95. The number of carbonyl (C=O) groups excluding carboxylic acids is 1. The van der Waals surface area contributed by atoms with Crippen molar-refractivity contribution in [1.82, 2.24) is 9.88 Å². The number of rotatable bonds is 5. The Morgan fingerprint density at radius 2 is 2.14 bits per heavy atom. The molecule has 3 rings (SSSR count). The van der Waals surface area contributed by atoms with Crippen molar-refractivity contribution in [2.45, 2.75) is 25.8 Å². The first-order chi connectivity index (χ1) is 10.5. The summed E-state index contributed by atoms with van der Waals surface area (Å²) in [6.07, 6.45) is 1.79. The molecule has 0 aliphatic heterocycles. The molecule has 6 heteroatoms. The molecule has 1 aromatic heterocycles. The summed E-state index contributed by atoms with van der Waals surface area (Å²) < 4.78 is 13.2. The Bertz CT molecular complexity index is 736. The first-order valence-corrected chi connectivity index (χ1v) is 7.28. The van der Waals surface area contributed by atoms with Crippen LogP contribution in [0.1, 0.15) is 30.3 Å². The molecule has 0 saturated heterocycles. The average molecular weight is 304 g/mol. The minimum absolute atomic E-state index is 0.109. The maximum atomic E-state index is 13.2. The topological polar surface area (TPSA) is 73.4 Å². The summed E-state index contributed by atoms with van der Waals surface area (Å²) in [6, 6.07) is 6.00. The van der Waals surface area contributed by atoms with E-state index in [0.717, 1.165) is 12.8 Å². The van der Waals surface area contributed by atoms with Gasteiger partial charge in [-0.2, -0.15) is 0 Å². The van der Waals surface area contributed by atoms with Gasteiger partial charge in [0.25, 0.3) is 5.91 Å². The van der Waals surface area contributed by atoms with Crippen LogP contribution in [0.15, 0.2) is 24.3 Å². The normalized spacial score (nSPS) is 15.7. The molecule has 1 saturated carbocycles. The molecule has 2 N–H and O–H groups in total. The number of nitrogens with one attached hydrogen (secondary N) is 1. The Kier molecular flexibility index (Phi) is 3.60. The number of benzene rings is 1. The standard InChI is InChI=1S/C16H17FN2O3/c1-9(16(21)22)8-19(12-3-4-12)15(20)14-7-10-6-11(17)2-5-13(10)18-14/h2,5-7,9,12,18H,3-4,8H2,1H3,(H,21,22). The number of aromatic nitrogens is 1. The van der Waals surface area contributed by atoms with E-state index in [4.69, 9.17) is 5.11 Å². The number of H-pyrrole nitrogens is 1. The largest absolute Gasteiger partial charge is 0.481 e. The van der Waals surface area contributed by atoms with Crippen LogP contribution >= 0.6 is 0 Å². The molecule has 0 bridgehead atoms. The number of aliphatic carboxylic acids is 1. The Balaban J connectivity index is 1.86. The third-order valence-corrected chi connectivity index (χ3v) is 3.95. The van der Waals surface area contributed by atoms with Crippen LogP contribution in [0.5, 0.6) is 0 Å². The van der Waals surface area contributed by atoms with Gasteiger partial charge in [0.1, 0.15) is 11.5 Å². The Morgan fingerprint density at radius 1 is 1.41 bits per heavy atom. The molecule has 1 aliphatic rings. The molecular weight excluding hydrogens is 287 g/mol. The highest BCUT2D eigenvalue weighted by atomic mass is 19.1. The molecule has 0 spiro atoms. The first-order valence-electron chi connectivity index (χ1n) is 7.28. The fourth-order valence-electron chi connectivity index (χ4n) is 2.53. The highest BCUT2D eigenvalue weighted by Crippen LogP contribution is 2.29. The lowest BCUT2D eigenvalue weighted by atomic mass is 10.1. The minimum atomic E-state index is -0.919. The first kappa shape index (κ1) is 14.6. The molecule has 1 unspecified atom stereocenters. The van der Waals surface area contributed by atoms with E-state index in [-0.39, 0.29) is 24.3 Å². The van der Waals surface area contributed by atoms with Gasteiger partial charge in [0.05, 0.1) is 5.92 Å². The summed E-state index contributed by atoms with van der Waals surface area (Å²) in [5.74, 6) is -2.13. The predicted molar refractivity (Wildman–Crippen MR) is 79.1 cm³/mol. The predicted octanol–water partition coefficient (Wildman–Crippen LogP) is 2.63. The summed E-state index contributed by atoms with van der Waals surface area (Å²) in [4.78, 5) is 28.3. The van der Waals surface area contributed by atoms with Crippen LogP contribution < -0.4 is 0 Å². The number of hydrogen-bond acceptors (Lipinski definition) is 2. The lowest BCUT2D eigenvalue weighted by Crippen LogP contribution is -2.38. The quantitative estimate of drug-likeness (QED) is 0.892. The Labute approximate surface area is 126 Å². The number of aromatic amines is 1. The molecule has 1 atom stereocenters. The molecule has 22 heavy (non-hydrogen) atoms. The van der Waals surface area contributed by atoms with Crippen LogP contribution in [0.3, 0.4) is 0 Å². The van der Waals surface area contributed by atoms with E-state index < -0.39 is 11.9 Å². The maximum Gasteiger partial charge on any atom is 0.308 e. The third kappa shape index (κ3) is 2.81. The summed E-state index contributed by atoms with van der Waals surface area (Å²) in [5.41, 5.74) is 1.05. The van der Waals surface area contributed by atoms with Gasteiger partial charge in [-0.3, -0.25) is 9.59 Å². The molecule has 1 aromatic carbocycles. The van der Waals surface area contributed by atoms with Gasteiger partial charge < -0.3 is 15.0 Å². The number of carbonyl (C=O) groups is 2. The van der Waals surface area contributed by atoms with E-state index in [1.807, 2.05) is 0 Å². The van der Waals surface area contributed by atoms with Gasteiger partial charge in [-0.15, -0.1) is 0 Å². The van der Waals surface area contributed by atoms with Crippen LogP contribution in [0.25, 0.3) is 10.9 Å². The summed E-state index contributed by atoms with van der Waals surface area (Å²) >= 11 is 0. The number of amides is 1. The van der Waals surface area contributed by atoms with Crippen LogP contribution in [-0.2, 0) is 4.79 Å². The van der Waals surface area contributed by atoms with Crippen LogP contribution in [-0.4, -0.2) is 39.5 Å². The zero-order chi connectivity index (χ0) is 15.9. The fraction of sp³-hybridized carbons (Fsp3) is 0.375. The van der Waals surface area contributed by atoms with Gasteiger partial charge in [-0.05, 0) is 37.1 Å². The lowest BCUT2D eigenvalue weighted by Gasteiger charge is -2.23. The second-order valence-electron chi connectivity index (χ2n) is 5.84. The second-order valence-corrected chi connectivity index (χ2v) is 5.84. The fourth-order valence-corrected chi connectivity index (χ4v) is 2.53. The molecule has 5 nitrogen and oxygen atoms in total. The molecule has 2 aromatic rings. The van der Waals surface area contributed by atoms with Crippen LogP contribution in [0.2, 0.25) is 0 Å². The summed E-state index contributed by atoms with van der Waals surface area (Å²) in [6.45, 7) is 1.77. The maximum absolute atomic E-state index is 13.2. The van der Waals surface area contributed by atoms with Gasteiger partial charge in [-0.1, -0.05) is 6.92 Å². The van der Waals surface area contributed by atoms with Crippen molar-refractivity contribution >= 4 is 22.8 Å². The van der Waals surface area contributed by atoms with E-state index in [1.165, 1.54) is 12.1 Å². The Hall–Kier alpha value is -2.37. The monoisotopic (exact) mass is 304 g/mol. The van der Waals surface area contributed by atoms with Gasteiger partial charge >= 0.3 is 5.97 Å². The van der Waals surface area contributed by atoms with Gasteiger partial charge in [0.15, 0.2) is 0 Å². The zero-order valence-corrected chi connectivity index (χ0v) is 12.2. The molecule has 1 heterocycles. The van der Waals surface area contributed by atoms with Crippen LogP contribution in [0, 0.1) is 11.7 Å². The lowest BCUT2D eigenvalue weighted by molar-refractivity contribution is -0.141. The molecule has 0 radical (unpaired) electrons. The minimum Gasteiger partial charge on any atom is -0.481 e. The number of carboxylic acid groups (broad SMARTS) is 1. The number of nitrogens with zero attached hydrogens (tertiary/aromatic N) is 1. The molecular formula is C16H17FN2O3. The van der Waals surface area contributed by atoms with E-state index in [2.05, 4.69) is 4.98 Å². The average Bonchev–Trinajstić information content (AvgIpc) is 3.22. The van der Waals surface area contributed by atoms with Crippen molar-refractivity contribution in [3.63, 3.8) is 0 Å². The number of hydrogen-bond donors (Lipinski definition) is 2. The van der Waals surface area contributed by atoms with Crippen molar-refractivity contribution in [2.24, 2.45) is 5.92 Å². The number of carboxylic acids is 1. The number of fused-ring (bicyclic) bond motifs is 1. The van der Waals surface area contributed by atoms with E-state index in [0.29, 0.717) is 16.6 Å². The number of halogens is 1. The molecule has 1 aliphatic carbocycles. The smallest absolute Gasteiger partial charge is 0.308 e. The highest BCUT2D eigenvalue weighted by molar-refractivity contribution is 5.98. The molecule has 1 fully saturated rings. The zero-order valence-electron chi connectivity index (χ0n) is 12.2. The SMILES string of the molecule is CC(CN(C(=O)c1cc2cc(F)ccc2[nH]1)C1CC1)C(=O)O. The van der Waals surface area contributed by atoms with Crippen molar-refractivity contribution in [1.29, 1.82) is 0 Å². The highest BCUT2D eigenvalue weighted by Gasteiger charge is 2.35. The molecule has 1 amide bonds. The van der Waals surface area contributed by atoms with Gasteiger partial charge in [-0.25, -0.2) is 4.39 Å². The van der Waals surface area contributed by atoms with Crippen LogP contribution in [0.4, 0.5) is 4.39 Å². The summed E-state index contributed by atoms with van der Waals surface area (Å²) in [5, 5.41) is 9.67. The van der Waals surface area contributed by atoms with Gasteiger partial charge in [0, 0.05) is 23.5 Å². The van der Waals surface area contributed by atoms with E-state index in [1.54, 1.807) is 24.0 Å². The van der Waals surface area contributed by atoms with Gasteiger partial charge in [0.2, 0.25) is 0 Å². The Morgan fingerprint density at radius 3 is 2.77 bits per heavy atom. The van der Waals surface area contributed by atoms with Crippen molar-refractivity contribution < 1.29 is 19.1 Å². The molecule has 116 valence electrons. The van der Waals surface area contributed by atoms with Crippen molar-refractivity contribution in [3.8, 4) is 0 Å². The van der Waals surface area contributed by atoms with Crippen molar-refractivity contribution in [2.75, 3.05) is 6.54 Å².